The van der Waals surface area contributed by atoms with E-state index in [4.69, 9.17) is 4.74 Å². The van der Waals surface area contributed by atoms with Gasteiger partial charge in [0.25, 0.3) is 23.6 Å². The number of imide groups is 1. The average molecular weight is 1140 g/mol. The van der Waals surface area contributed by atoms with Crippen LogP contribution in [0.1, 0.15) is 96.4 Å². The molecule has 1 fully saturated rings. The molecule has 2 unspecified atom stereocenters. The summed E-state index contributed by atoms with van der Waals surface area (Å²) in [5.41, 5.74) is 3.89. The van der Waals surface area contributed by atoms with Crippen LogP contribution in [0.15, 0.2) is 175 Å². The van der Waals surface area contributed by atoms with Crippen molar-refractivity contribution in [2.24, 2.45) is 0 Å². The maximum Gasteiger partial charge on any atom is 2.00 e. The van der Waals surface area contributed by atoms with Crippen LogP contribution in [0, 0.1) is 12.5 Å². The molecule has 0 radical (unpaired) electrons. The third kappa shape index (κ3) is 21.1. The van der Waals surface area contributed by atoms with Crippen LogP contribution in [-0.4, -0.2) is 108 Å². The number of hydrogen-bond donors (Lipinski definition) is 4. The summed E-state index contributed by atoms with van der Waals surface area (Å²) >= 11 is 3.25. The molecule has 1 saturated heterocycles. The first-order valence-corrected chi connectivity index (χ1v) is 21.4. The van der Waals surface area contributed by atoms with Crippen LogP contribution in [0.4, 0.5) is 0 Å². The van der Waals surface area contributed by atoms with Gasteiger partial charge in [0.1, 0.15) is 0 Å². The Morgan fingerprint density at radius 1 is 0.648 bits per heavy atom. The Morgan fingerprint density at radius 3 is 1.61 bits per heavy atom. The van der Waals surface area contributed by atoms with Crippen molar-refractivity contribution < 1.29 is 89.7 Å². The molecule has 0 aliphatic carbocycles. The standard InChI is InChI=1S/C13H10N2O2.C13H10N2O.C8H5NO2.C5H4BrN.C5H4N.C4H8O.C3H7.BrH.2ClH.Li.2Mg/c16-12-10-5-1-2-6-11(10)13(17,15-12)9-4-3-7-14-8-9;16-13-11-6-2-1-5-10(11)12(15-13)9-4-3-7-14-8-9;10-7-5-3-1-2-4-6(5)8(11)9-7;6-5-2-1-3-7-4-5;1-2-4-6-5-3-1;1-2-4-5-3-1;1-3-2;;;;;;/h1-8,17H,(H,15,16);1-8,12H,(H,15,16);1-4H,(H,9,10,11);1-4H;1-2,4-5H;1-4H2;3H,1-2H3;3*1H;;;/q;;;;-1;;-1;;;;+1;2*+2/p-3. The minimum atomic E-state index is -1.47. The smallest absolute Gasteiger partial charge is 1.00 e. The number of ether oxygens (including phenoxy) is 1. The van der Waals surface area contributed by atoms with Gasteiger partial charge in [-0.15, -0.1) is 0 Å². The van der Waals surface area contributed by atoms with Gasteiger partial charge in [-0.05, 0) is 88.4 Å². The molecule has 0 bridgehead atoms. The first-order chi connectivity index (χ1) is 31.7. The van der Waals surface area contributed by atoms with E-state index in [1.807, 2.05) is 80.9 Å². The Morgan fingerprint density at radius 2 is 1.17 bits per heavy atom. The first kappa shape index (κ1) is 69.0. The number of pyridine rings is 4. The molecule has 4 aliphatic heterocycles. The van der Waals surface area contributed by atoms with Crippen LogP contribution in [0.3, 0.4) is 0 Å². The van der Waals surface area contributed by atoms with Gasteiger partial charge in [0, 0.05) is 77.1 Å². The van der Waals surface area contributed by atoms with Gasteiger partial charge in [0.2, 0.25) is 0 Å². The van der Waals surface area contributed by atoms with Crippen molar-refractivity contribution in [1.82, 2.24) is 35.9 Å². The Balaban J connectivity index is 0. The summed E-state index contributed by atoms with van der Waals surface area (Å²) in [6, 6.07) is 38.9. The summed E-state index contributed by atoms with van der Waals surface area (Å²) in [6.45, 7) is 6.00. The van der Waals surface area contributed by atoms with Crippen LogP contribution < -0.4 is 76.6 Å². The number of fused-ring (bicyclic) bond motifs is 3. The van der Waals surface area contributed by atoms with Gasteiger partial charge < -0.3 is 73.7 Å². The van der Waals surface area contributed by atoms with E-state index in [2.05, 4.69) is 57.9 Å². The summed E-state index contributed by atoms with van der Waals surface area (Å²) in [5, 5.41) is 18.4. The quantitative estimate of drug-likeness (QED) is 0.0749. The topological polar surface area (TPSA) is 185 Å². The van der Waals surface area contributed by atoms with Crippen molar-refractivity contribution in [3.63, 3.8) is 0 Å². The van der Waals surface area contributed by atoms with Crippen molar-refractivity contribution in [1.29, 1.82) is 0 Å². The number of nitrogens with zero attached hydrogens (tertiary/aromatic N) is 4. The number of benzene rings is 3. The summed E-state index contributed by atoms with van der Waals surface area (Å²) < 4.78 is 5.97. The molecule has 20 heteroatoms. The summed E-state index contributed by atoms with van der Waals surface area (Å²) in [4.78, 5) is 61.0. The number of nitrogens with one attached hydrogen (secondary N) is 3. The number of amides is 4. The second-order valence-electron chi connectivity index (χ2n) is 14.1. The molecule has 4 amide bonds. The van der Waals surface area contributed by atoms with Gasteiger partial charge in [-0.1, -0.05) is 73.1 Å². The van der Waals surface area contributed by atoms with E-state index >= 15 is 0 Å². The third-order valence-corrected chi connectivity index (χ3v) is 9.82. The zero-order valence-corrected chi connectivity index (χ0v) is 46.9. The summed E-state index contributed by atoms with van der Waals surface area (Å²) in [5.74, 6) is -0.882. The van der Waals surface area contributed by atoms with Gasteiger partial charge in [-0.2, -0.15) is 19.9 Å². The molecule has 71 heavy (non-hydrogen) atoms. The molecule has 13 nitrogen and oxygen atoms in total. The zero-order valence-electron chi connectivity index (χ0n) is 39.4. The predicted octanol–water partition coefficient (Wildman–Crippen LogP) is -4.49. The first-order valence-electron chi connectivity index (χ1n) is 20.6. The van der Waals surface area contributed by atoms with Crippen LogP contribution in [0.2, 0.25) is 0 Å². The van der Waals surface area contributed by atoms with Gasteiger partial charge in [0.15, 0.2) is 5.72 Å². The SMILES string of the molecule is Brc1cccnc1.C1CCOC1.C[CH-]C.O=C1NC(=O)c2ccccc21.O=C1NC(O)(c2cccnc2)c2ccccc21.O=C1NC(c2cccnc2)c2ccccc21.[Br-].[Cl-].[Cl-].[Li+].[Mg+2].[Mg+2].[c-]1cccnc1. The fourth-order valence-corrected chi connectivity index (χ4v) is 6.67. The molecule has 4 aromatic heterocycles. The van der Waals surface area contributed by atoms with E-state index < -0.39 is 5.72 Å². The van der Waals surface area contributed by atoms with Crippen molar-refractivity contribution in [3.05, 3.63) is 232 Å². The van der Waals surface area contributed by atoms with Crippen LogP contribution >= 0.6 is 15.9 Å². The van der Waals surface area contributed by atoms with Gasteiger partial charge in [-0.3, -0.25) is 39.4 Å². The van der Waals surface area contributed by atoms with Crippen molar-refractivity contribution >= 4 is 85.7 Å². The number of rotatable bonds is 2. The van der Waals surface area contributed by atoms with Crippen molar-refractivity contribution in [2.45, 2.75) is 38.5 Å². The van der Waals surface area contributed by atoms with E-state index in [0.717, 1.165) is 34.4 Å². The minimum Gasteiger partial charge on any atom is -1.00 e. The number of aromatic nitrogens is 4. The van der Waals surface area contributed by atoms with Crippen molar-refractivity contribution in [3.8, 4) is 0 Å². The van der Waals surface area contributed by atoms with Crippen LogP contribution in [-0.2, 0) is 10.5 Å². The van der Waals surface area contributed by atoms with E-state index in [0.29, 0.717) is 27.8 Å². The molecule has 8 heterocycles. The van der Waals surface area contributed by atoms with Crippen molar-refractivity contribution in [2.75, 3.05) is 13.2 Å². The van der Waals surface area contributed by atoms with E-state index in [9.17, 15) is 24.3 Å². The normalized spacial score (nSPS) is 15.1. The van der Waals surface area contributed by atoms with Gasteiger partial charge in [-0.25, -0.2) is 12.1 Å². The van der Waals surface area contributed by atoms with Gasteiger partial charge >= 0.3 is 65.0 Å². The Hall–Kier alpha value is -4.07. The largest absolute Gasteiger partial charge is 2.00 e. The molecular formula is C51H48Br2Cl2LiMg2N7O6. The number of carbonyl (C=O) groups is 4. The second-order valence-corrected chi connectivity index (χ2v) is 15.0. The maximum atomic E-state index is 11.8. The number of aliphatic hydroxyl groups is 1. The van der Waals surface area contributed by atoms with Gasteiger partial charge in [0.05, 0.1) is 17.2 Å². The fourth-order valence-electron chi connectivity index (χ4n) is 6.40. The molecule has 11 rings (SSSR count). The molecule has 4 aliphatic rings. The average Bonchev–Trinajstić information content (AvgIpc) is 4.17. The monoisotopic (exact) mass is 1140 g/mol. The molecule has 0 spiro atoms. The molecule has 7 aromatic rings. The predicted molar refractivity (Wildman–Crippen MR) is 262 cm³/mol. The Labute approximate surface area is 490 Å². The summed E-state index contributed by atoms with van der Waals surface area (Å²) in [6.07, 6.45) is 18.1. The minimum absolute atomic E-state index is 0. The van der Waals surface area contributed by atoms with E-state index in [1.165, 1.54) is 12.8 Å². The molecule has 3 aromatic carbocycles. The zero-order chi connectivity index (χ0) is 46.3. The molecule has 0 saturated carbocycles. The van der Waals surface area contributed by atoms with Crippen LogP contribution in [0.5, 0.6) is 0 Å². The second kappa shape index (κ2) is 37.6. The summed E-state index contributed by atoms with van der Waals surface area (Å²) in [7, 11) is 0. The molecular weight excluding hydrogens is 1090 g/mol. The molecule has 2 atom stereocenters. The Kier molecular flexibility index (Phi) is 36.6. The number of halogens is 4. The van der Waals surface area contributed by atoms with E-state index in [-0.39, 0.29) is 136 Å². The number of hydrogen-bond acceptors (Lipinski definition) is 10. The fraction of sp³-hybridized carbons (Fsp3) is 0.157. The number of carbonyl (C=O) groups excluding carboxylic acids is 4. The maximum absolute atomic E-state index is 11.8. The van der Waals surface area contributed by atoms with Crippen LogP contribution in [0.25, 0.3) is 0 Å². The third-order valence-electron chi connectivity index (χ3n) is 9.35. The van der Waals surface area contributed by atoms with E-state index in [1.54, 1.807) is 110 Å². The Bertz CT molecular complexity index is 2540. The molecule has 4 N–H and O–H groups in total. The molecule has 356 valence electrons.